The molecule has 0 radical (unpaired) electrons. The third-order valence-electron chi connectivity index (χ3n) is 2.60. The third-order valence-corrected chi connectivity index (χ3v) is 2.60. The van der Waals surface area contributed by atoms with Gasteiger partial charge in [0.05, 0.1) is 5.56 Å². The van der Waals surface area contributed by atoms with E-state index < -0.39 is 17.7 Å². The number of hydrogen-bond donors (Lipinski definition) is 2. The Balaban J connectivity index is 2.25. The Hall–Kier alpha value is -2.63. The van der Waals surface area contributed by atoms with Gasteiger partial charge in [-0.15, -0.1) is 0 Å². The number of carbonyl (C=O) groups is 2. The number of benzene rings is 1. The van der Waals surface area contributed by atoms with Crippen molar-refractivity contribution in [3.8, 4) is 0 Å². The van der Waals surface area contributed by atoms with Crippen LogP contribution in [0.3, 0.4) is 0 Å². The molecular formula is C15H16N2O4. The molecule has 0 atom stereocenters. The number of hydrogen-bond acceptors (Lipinski definition) is 4. The Kier molecular flexibility index (Phi) is 3.80. The van der Waals surface area contributed by atoms with E-state index in [-0.39, 0.29) is 5.56 Å². The van der Waals surface area contributed by atoms with Crippen molar-refractivity contribution in [1.82, 2.24) is 4.98 Å². The van der Waals surface area contributed by atoms with Crippen LogP contribution in [0.15, 0.2) is 30.5 Å². The highest BCUT2D eigenvalue weighted by molar-refractivity contribution is 5.95. The van der Waals surface area contributed by atoms with Crippen LogP contribution in [0, 0.1) is 0 Å². The van der Waals surface area contributed by atoms with Crippen molar-refractivity contribution < 1.29 is 19.4 Å². The lowest BCUT2D eigenvalue weighted by atomic mass is 10.1. The second kappa shape index (κ2) is 5.40. The normalized spacial score (nSPS) is 11.2. The van der Waals surface area contributed by atoms with Gasteiger partial charge in [-0.2, -0.15) is 0 Å². The average molecular weight is 288 g/mol. The molecule has 0 spiro atoms. The van der Waals surface area contributed by atoms with Gasteiger partial charge in [0, 0.05) is 11.6 Å². The summed E-state index contributed by atoms with van der Waals surface area (Å²) in [4.78, 5) is 26.7. The molecule has 0 fully saturated rings. The van der Waals surface area contributed by atoms with Crippen molar-refractivity contribution >= 4 is 28.7 Å². The van der Waals surface area contributed by atoms with Crippen LogP contribution >= 0.6 is 0 Å². The minimum atomic E-state index is -1.00. The summed E-state index contributed by atoms with van der Waals surface area (Å²) >= 11 is 0. The van der Waals surface area contributed by atoms with Crippen molar-refractivity contribution in [2.24, 2.45) is 0 Å². The smallest absolute Gasteiger partial charge is 0.413 e. The van der Waals surface area contributed by atoms with Crippen LogP contribution in [0.25, 0.3) is 10.8 Å². The van der Waals surface area contributed by atoms with Crippen LogP contribution in [0.1, 0.15) is 31.1 Å². The number of carboxylic acid groups (broad SMARTS) is 1. The van der Waals surface area contributed by atoms with E-state index in [1.165, 1.54) is 12.1 Å². The van der Waals surface area contributed by atoms with Crippen LogP contribution in [0.4, 0.5) is 10.6 Å². The largest absolute Gasteiger partial charge is 0.478 e. The second-order valence-corrected chi connectivity index (χ2v) is 5.56. The van der Waals surface area contributed by atoms with Gasteiger partial charge in [0.15, 0.2) is 0 Å². The van der Waals surface area contributed by atoms with Crippen molar-refractivity contribution in [1.29, 1.82) is 0 Å². The number of carboxylic acids is 1. The maximum atomic E-state index is 11.7. The predicted octanol–water partition coefficient (Wildman–Crippen LogP) is 3.28. The highest BCUT2D eigenvalue weighted by atomic mass is 16.6. The standard InChI is InChI=1S/C15H16N2O4/c1-15(2,3)21-14(20)17-12-7-11-6-9(13(18)19)4-5-10(11)8-16-12/h4-8H,1-3H3,(H,18,19)(H,16,17,20). The molecule has 2 N–H and O–H groups in total. The van der Waals surface area contributed by atoms with Gasteiger partial charge in [0.1, 0.15) is 11.4 Å². The van der Waals surface area contributed by atoms with Crippen molar-refractivity contribution in [3.05, 3.63) is 36.0 Å². The number of anilines is 1. The average Bonchev–Trinajstić information content (AvgIpc) is 2.35. The fourth-order valence-corrected chi connectivity index (χ4v) is 1.75. The van der Waals surface area contributed by atoms with Crippen LogP contribution in [0.2, 0.25) is 0 Å². The van der Waals surface area contributed by atoms with Crippen molar-refractivity contribution in [2.45, 2.75) is 26.4 Å². The molecule has 110 valence electrons. The minimum absolute atomic E-state index is 0.178. The van der Waals surface area contributed by atoms with Gasteiger partial charge in [-0.05, 0) is 44.4 Å². The quantitative estimate of drug-likeness (QED) is 0.885. The monoisotopic (exact) mass is 288 g/mol. The molecule has 1 amide bonds. The number of carbonyl (C=O) groups excluding carboxylic acids is 1. The van der Waals surface area contributed by atoms with Gasteiger partial charge in [-0.3, -0.25) is 5.32 Å². The zero-order valence-electron chi connectivity index (χ0n) is 12.0. The Morgan fingerprint density at radius 2 is 1.90 bits per heavy atom. The van der Waals surface area contributed by atoms with E-state index in [0.29, 0.717) is 11.2 Å². The fraction of sp³-hybridized carbons (Fsp3) is 0.267. The maximum absolute atomic E-state index is 11.7. The first-order chi connectivity index (χ1) is 9.74. The van der Waals surface area contributed by atoms with E-state index in [1.54, 1.807) is 39.1 Å². The Bertz CT molecular complexity index is 704. The first kappa shape index (κ1) is 14.8. The summed E-state index contributed by atoms with van der Waals surface area (Å²) in [5.74, 6) is -0.699. The number of fused-ring (bicyclic) bond motifs is 1. The molecule has 0 unspecified atom stereocenters. The SMILES string of the molecule is CC(C)(C)OC(=O)Nc1cc2cc(C(=O)O)ccc2cn1. The Morgan fingerprint density at radius 1 is 1.19 bits per heavy atom. The minimum Gasteiger partial charge on any atom is -0.478 e. The summed E-state index contributed by atoms with van der Waals surface area (Å²) in [6.07, 6.45) is 0.956. The fourth-order valence-electron chi connectivity index (χ4n) is 1.75. The van der Waals surface area contributed by atoms with Crippen molar-refractivity contribution in [3.63, 3.8) is 0 Å². The summed E-state index contributed by atoms with van der Waals surface area (Å²) in [7, 11) is 0. The number of amides is 1. The lowest BCUT2D eigenvalue weighted by Gasteiger charge is -2.19. The highest BCUT2D eigenvalue weighted by Gasteiger charge is 2.16. The van der Waals surface area contributed by atoms with Crippen molar-refractivity contribution in [2.75, 3.05) is 5.32 Å². The molecule has 0 bridgehead atoms. The zero-order chi connectivity index (χ0) is 15.6. The third kappa shape index (κ3) is 3.92. The van der Waals surface area contributed by atoms with E-state index in [1.807, 2.05) is 0 Å². The van der Waals surface area contributed by atoms with Crippen LogP contribution in [-0.4, -0.2) is 27.8 Å². The molecule has 0 aliphatic carbocycles. The number of aromatic nitrogens is 1. The molecule has 6 nitrogen and oxygen atoms in total. The number of pyridine rings is 1. The molecule has 2 aromatic rings. The lowest BCUT2D eigenvalue weighted by Crippen LogP contribution is -2.27. The van der Waals surface area contributed by atoms with Crippen LogP contribution in [0.5, 0.6) is 0 Å². The number of nitrogens with one attached hydrogen (secondary N) is 1. The second-order valence-electron chi connectivity index (χ2n) is 5.56. The Morgan fingerprint density at radius 3 is 2.52 bits per heavy atom. The number of ether oxygens (including phenoxy) is 1. The van der Waals surface area contributed by atoms with E-state index in [9.17, 15) is 9.59 Å². The molecule has 0 aliphatic rings. The molecule has 0 aliphatic heterocycles. The molecule has 21 heavy (non-hydrogen) atoms. The molecule has 6 heteroatoms. The molecule has 0 saturated heterocycles. The zero-order valence-corrected chi connectivity index (χ0v) is 12.0. The van der Waals surface area contributed by atoms with Gasteiger partial charge >= 0.3 is 12.1 Å². The van der Waals surface area contributed by atoms with Gasteiger partial charge in [0.25, 0.3) is 0 Å². The summed E-state index contributed by atoms with van der Waals surface area (Å²) in [6, 6.07) is 6.31. The van der Waals surface area contributed by atoms with Gasteiger partial charge in [-0.1, -0.05) is 6.07 Å². The van der Waals surface area contributed by atoms with E-state index in [0.717, 1.165) is 5.39 Å². The van der Waals surface area contributed by atoms with E-state index in [2.05, 4.69) is 10.3 Å². The molecule has 1 aromatic heterocycles. The number of aromatic carboxylic acids is 1. The van der Waals surface area contributed by atoms with Crippen LogP contribution in [-0.2, 0) is 4.74 Å². The topological polar surface area (TPSA) is 88.5 Å². The summed E-state index contributed by atoms with van der Waals surface area (Å²) in [5, 5.41) is 13.0. The van der Waals surface area contributed by atoms with E-state index in [4.69, 9.17) is 9.84 Å². The molecule has 1 aromatic carbocycles. The molecule has 0 saturated carbocycles. The van der Waals surface area contributed by atoms with Gasteiger partial charge < -0.3 is 9.84 Å². The number of nitrogens with zero attached hydrogens (tertiary/aromatic N) is 1. The van der Waals surface area contributed by atoms with Crippen LogP contribution < -0.4 is 5.32 Å². The van der Waals surface area contributed by atoms with Gasteiger partial charge in [-0.25, -0.2) is 14.6 Å². The number of rotatable bonds is 2. The predicted molar refractivity (Wildman–Crippen MR) is 78.6 cm³/mol. The first-order valence-electron chi connectivity index (χ1n) is 6.38. The van der Waals surface area contributed by atoms with E-state index >= 15 is 0 Å². The molecule has 2 rings (SSSR count). The summed E-state index contributed by atoms with van der Waals surface area (Å²) in [6.45, 7) is 5.29. The summed E-state index contributed by atoms with van der Waals surface area (Å²) < 4.78 is 5.13. The van der Waals surface area contributed by atoms with Gasteiger partial charge in [0.2, 0.25) is 0 Å². The maximum Gasteiger partial charge on any atom is 0.413 e. The molecule has 1 heterocycles. The lowest BCUT2D eigenvalue weighted by molar-refractivity contribution is 0.0633. The highest BCUT2D eigenvalue weighted by Crippen LogP contribution is 2.19. The summed E-state index contributed by atoms with van der Waals surface area (Å²) in [5.41, 5.74) is -0.422. The molecular weight excluding hydrogens is 272 g/mol. The first-order valence-corrected chi connectivity index (χ1v) is 6.38. The Labute approximate surface area is 121 Å².